The third kappa shape index (κ3) is 3.48. The summed E-state index contributed by atoms with van der Waals surface area (Å²) in [7, 11) is 0. The highest BCUT2D eigenvalue weighted by molar-refractivity contribution is 14.1. The molecule has 2 heterocycles. The Labute approximate surface area is 146 Å². The van der Waals surface area contributed by atoms with Gasteiger partial charge in [-0.3, -0.25) is 0 Å². The van der Waals surface area contributed by atoms with Crippen LogP contribution in [0.15, 0.2) is 6.07 Å². The summed E-state index contributed by atoms with van der Waals surface area (Å²) in [4.78, 5) is 1.62. The maximum atomic E-state index is 6.12. The van der Waals surface area contributed by atoms with Crippen molar-refractivity contribution < 1.29 is 4.74 Å². The molecule has 0 aromatic carbocycles. The van der Waals surface area contributed by atoms with E-state index in [0.29, 0.717) is 12.1 Å². The summed E-state index contributed by atoms with van der Waals surface area (Å²) in [6, 6.07) is 3.60. The monoisotopic (exact) mass is 419 g/mol. The molecule has 0 radical (unpaired) electrons. The van der Waals surface area contributed by atoms with Crippen LogP contribution in [0.2, 0.25) is 0 Å². The number of aryl methyl sites for hydroxylation is 1. The zero-order chi connectivity index (χ0) is 14.9. The van der Waals surface area contributed by atoms with Crippen molar-refractivity contribution in [2.45, 2.75) is 76.5 Å². The number of ether oxygens (including phenoxy) is 1. The molecular weight excluding hydrogens is 393 g/mol. The molecule has 0 bridgehead atoms. The summed E-state index contributed by atoms with van der Waals surface area (Å²) >= 11 is 4.46. The van der Waals surface area contributed by atoms with E-state index < -0.39 is 0 Å². The van der Waals surface area contributed by atoms with E-state index in [9.17, 15) is 0 Å². The smallest absolute Gasteiger partial charge is 0.0692 e. The molecule has 2 atom stereocenters. The molecule has 1 N–H and O–H groups in total. The molecule has 1 saturated heterocycles. The summed E-state index contributed by atoms with van der Waals surface area (Å²) in [6.07, 6.45) is 8.51. The van der Waals surface area contributed by atoms with Crippen LogP contribution >= 0.6 is 33.9 Å². The zero-order valence-corrected chi connectivity index (χ0v) is 16.1. The van der Waals surface area contributed by atoms with Crippen molar-refractivity contribution in [3.05, 3.63) is 19.4 Å². The Hall–Kier alpha value is 0.350. The van der Waals surface area contributed by atoms with Crippen LogP contribution in [0, 0.1) is 2.88 Å². The minimum atomic E-state index is 0.122. The molecule has 1 aliphatic heterocycles. The second-order valence-corrected chi connectivity index (χ2v) is 9.50. The SMILES string of the molecule is CCC1(CC)CC(NC2CCCc3sc(I)cc32)CCO1. The topological polar surface area (TPSA) is 21.3 Å². The average Bonchev–Trinajstić information content (AvgIpc) is 2.89. The molecule has 0 spiro atoms. The third-order valence-corrected chi connectivity index (χ3v) is 7.27. The van der Waals surface area contributed by atoms with Gasteiger partial charge in [-0.15, -0.1) is 11.3 Å². The molecule has 1 aromatic heterocycles. The lowest BCUT2D eigenvalue weighted by atomic mass is 9.84. The van der Waals surface area contributed by atoms with Crippen molar-refractivity contribution in [3.63, 3.8) is 0 Å². The van der Waals surface area contributed by atoms with E-state index in [1.807, 2.05) is 11.3 Å². The first-order valence-electron chi connectivity index (χ1n) is 8.34. The van der Waals surface area contributed by atoms with Crippen LogP contribution in [0.3, 0.4) is 0 Å². The lowest BCUT2D eigenvalue weighted by Crippen LogP contribution is -2.47. The van der Waals surface area contributed by atoms with Crippen molar-refractivity contribution in [2.75, 3.05) is 6.61 Å². The van der Waals surface area contributed by atoms with Crippen molar-refractivity contribution in [1.82, 2.24) is 5.32 Å². The molecule has 4 heteroatoms. The van der Waals surface area contributed by atoms with E-state index in [0.717, 1.165) is 25.9 Å². The standard InChI is InChI=1S/C17H26INOS/c1-3-17(4-2)11-12(8-9-20-17)19-14-6-5-7-15-13(14)10-16(18)21-15/h10,12,14,19H,3-9,11H2,1-2H3. The van der Waals surface area contributed by atoms with Gasteiger partial charge in [0.05, 0.1) is 8.48 Å². The summed E-state index contributed by atoms with van der Waals surface area (Å²) < 4.78 is 7.56. The van der Waals surface area contributed by atoms with Gasteiger partial charge >= 0.3 is 0 Å². The lowest BCUT2D eigenvalue weighted by molar-refractivity contribution is -0.0943. The van der Waals surface area contributed by atoms with Crippen LogP contribution in [0.5, 0.6) is 0 Å². The first kappa shape index (κ1) is 16.2. The van der Waals surface area contributed by atoms with Crippen molar-refractivity contribution in [2.24, 2.45) is 0 Å². The molecular formula is C17H26INOS. The molecule has 1 aromatic rings. The Morgan fingerprint density at radius 3 is 2.95 bits per heavy atom. The highest BCUT2D eigenvalue weighted by Crippen LogP contribution is 2.38. The predicted octanol–water partition coefficient (Wildman–Crippen LogP) is 5.06. The molecule has 0 amide bonds. The number of hydrogen-bond acceptors (Lipinski definition) is 3. The van der Waals surface area contributed by atoms with Crippen LogP contribution in [-0.4, -0.2) is 18.2 Å². The van der Waals surface area contributed by atoms with E-state index in [1.165, 1.54) is 28.6 Å². The number of rotatable bonds is 4. The number of nitrogens with one attached hydrogen (secondary N) is 1. The molecule has 2 unspecified atom stereocenters. The normalized spacial score (nSPS) is 28.3. The average molecular weight is 419 g/mol. The van der Waals surface area contributed by atoms with E-state index in [-0.39, 0.29) is 5.60 Å². The number of thiophene rings is 1. The van der Waals surface area contributed by atoms with Crippen LogP contribution in [0.4, 0.5) is 0 Å². The summed E-state index contributed by atoms with van der Waals surface area (Å²) in [5.41, 5.74) is 1.71. The first-order valence-corrected chi connectivity index (χ1v) is 10.2. The number of fused-ring (bicyclic) bond motifs is 1. The first-order chi connectivity index (χ1) is 10.2. The maximum absolute atomic E-state index is 6.12. The van der Waals surface area contributed by atoms with Gasteiger partial charge < -0.3 is 10.1 Å². The fraction of sp³-hybridized carbons (Fsp3) is 0.765. The second kappa shape index (κ2) is 6.85. The van der Waals surface area contributed by atoms with E-state index >= 15 is 0 Å². The Balaban J connectivity index is 1.69. The van der Waals surface area contributed by atoms with E-state index in [1.54, 1.807) is 10.4 Å². The molecule has 21 heavy (non-hydrogen) atoms. The van der Waals surface area contributed by atoms with Gasteiger partial charge in [0.15, 0.2) is 0 Å². The summed E-state index contributed by atoms with van der Waals surface area (Å²) in [6.45, 7) is 5.46. The van der Waals surface area contributed by atoms with Crippen LogP contribution in [0.25, 0.3) is 0 Å². The van der Waals surface area contributed by atoms with Gasteiger partial charge in [0.25, 0.3) is 0 Å². The van der Waals surface area contributed by atoms with Crippen molar-refractivity contribution in [3.8, 4) is 0 Å². The minimum absolute atomic E-state index is 0.122. The molecule has 2 nitrogen and oxygen atoms in total. The second-order valence-electron chi connectivity index (χ2n) is 6.47. The van der Waals surface area contributed by atoms with Crippen LogP contribution in [-0.2, 0) is 11.2 Å². The van der Waals surface area contributed by atoms with Crippen LogP contribution in [0.1, 0.15) is 68.9 Å². The highest BCUT2D eigenvalue weighted by atomic mass is 127. The van der Waals surface area contributed by atoms with E-state index in [4.69, 9.17) is 4.74 Å². The van der Waals surface area contributed by atoms with Gasteiger partial charge in [0.1, 0.15) is 0 Å². The fourth-order valence-electron chi connectivity index (χ4n) is 3.89. The Morgan fingerprint density at radius 2 is 2.19 bits per heavy atom. The molecule has 2 aliphatic rings. The Kier molecular flexibility index (Phi) is 5.29. The van der Waals surface area contributed by atoms with E-state index in [2.05, 4.69) is 47.8 Å². The van der Waals surface area contributed by atoms with Gasteiger partial charge in [-0.05, 0) is 79.2 Å². The van der Waals surface area contributed by atoms with Crippen LogP contribution < -0.4 is 5.32 Å². The minimum Gasteiger partial charge on any atom is -0.375 e. The van der Waals surface area contributed by atoms with Gasteiger partial charge in [0, 0.05) is 23.6 Å². The fourth-order valence-corrected chi connectivity index (χ4v) is 6.01. The lowest BCUT2D eigenvalue weighted by Gasteiger charge is -2.42. The molecule has 3 rings (SSSR count). The van der Waals surface area contributed by atoms with Gasteiger partial charge in [-0.25, -0.2) is 0 Å². The maximum Gasteiger partial charge on any atom is 0.0692 e. The zero-order valence-electron chi connectivity index (χ0n) is 13.1. The Bertz CT molecular complexity index is 483. The molecule has 118 valence electrons. The molecule has 0 saturated carbocycles. The quantitative estimate of drug-likeness (QED) is 0.689. The number of halogens is 1. The van der Waals surface area contributed by atoms with Crippen molar-refractivity contribution in [1.29, 1.82) is 0 Å². The molecule has 1 aliphatic carbocycles. The summed E-state index contributed by atoms with van der Waals surface area (Å²) in [5.74, 6) is 0. The third-order valence-electron chi connectivity index (χ3n) is 5.30. The van der Waals surface area contributed by atoms with Gasteiger partial charge in [-0.1, -0.05) is 13.8 Å². The van der Waals surface area contributed by atoms with Crippen molar-refractivity contribution >= 4 is 33.9 Å². The highest BCUT2D eigenvalue weighted by Gasteiger charge is 2.36. The van der Waals surface area contributed by atoms with Gasteiger partial charge in [-0.2, -0.15) is 0 Å². The Morgan fingerprint density at radius 1 is 1.38 bits per heavy atom. The molecule has 1 fully saturated rings. The number of hydrogen-bond donors (Lipinski definition) is 1. The van der Waals surface area contributed by atoms with Gasteiger partial charge in [0.2, 0.25) is 0 Å². The largest absolute Gasteiger partial charge is 0.375 e. The summed E-state index contributed by atoms with van der Waals surface area (Å²) in [5, 5.41) is 3.97. The predicted molar refractivity (Wildman–Crippen MR) is 98.1 cm³/mol.